The standard InChI is InChI=1S/C19H14F3N3O2.C2HF3O2/c20-19(21,22)14-7-4-12(5-8-14)17(15-3-1-2-10-23-15)25-18(27)13-6-9-16(26)24-11-13;3-2(4,5)1(6)7/h1-11,17H,(H,24,26)(H,25,27);(H,6,7)/t17-;/m0./s1. The van der Waals surface area contributed by atoms with Crippen molar-refractivity contribution in [2.24, 2.45) is 0 Å². The molecule has 0 saturated heterocycles. The van der Waals surface area contributed by atoms with Crippen molar-refractivity contribution in [3.05, 3.63) is 99.7 Å². The van der Waals surface area contributed by atoms with Crippen LogP contribution in [0, 0.1) is 0 Å². The lowest BCUT2D eigenvalue weighted by Crippen LogP contribution is -2.30. The number of carboxylic acids is 1. The molecule has 1 atom stereocenters. The van der Waals surface area contributed by atoms with Gasteiger partial charge in [-0.05, 0) is 35.9 Å². The van der Waals surface area contributed by atoms with Gasteiger partial charge < -0.3 is 15.4 Å². The van der Waals surface area contributed by atoms with Gasteiger partial charge in [-0.3, -0.25) is 14.6 Å². The summed E-state index contributed by atoms with van der Waals surface area (Å²) in [5, 5.41) is 9.86. The summed E-state index contributed by atoms with van der Waals surface area (Å²) in [4.78, 5) is 39.1. The van der Waals surface area contributed by atoms with E-state index in [0.717, 1.165) is 12.1 Å². The molecule has 3 aromatic rings. The molecule has 13 heteroatoms. The molecule has 0 aliphatic rings. The Morgan fingerprint density at radius 2 is 1.56 bits per heavy atom. The summed E-state index contributed by atoms with van der Waals surface area (Å²) in [6.07, 6.45) is -6.74. The number of carbonyl (C=O) groups is 2. The Kier molecular flexibility index (Phi) is 8.16. The highest BCUT2D eigenvalue weighted by atomic mass is 19.4. The number of pyridine rings is 2. The molecule has 1 aromatic carbocycles. The Morgan fingerprint density at radius 3 is 2.00 bits per heavy atom. The van der Waals surface area contributed by atoms with Crippen LogP contribution < -0.4 is 10.9 Å². The zero-order valence-electron chi connectivity index (χ0n) is 16.8. The Labute approximate surface area is 187 Å². The summed E-state index contributed by atoms with van der Waals surface area (Å²) in [5.41, 5.74) is -0.00880. The fourth-order valence-corrected chi connectivity index (χ4v) is 2.51. The molecule has 0 spiro atoms. The first-order valence-electron chi connectivity index (χ1n) is 9.17. The number of amides is 1. The number of carboxylic acid groups (broad SMARTS) is 1. The Balaban J connectivity index is 0.000000509. The van der Waals surface area contributed by atoms with Gasteiger partial charge >= 0.3 is 18.3 Å². The zero-order valence-corrected chi connectivity index (χ0v) is 16.8. The topological polar surface area (TPSA) is 112 Å². The average Bonchev–Trinajstić information content (AvgIpc) is 2.77. The Morgan fingerprint density at radius 1 is 0.941 bits per heavy atom. The number of aromatic amines is 1. The molecule has 0 saturated carbocycles. The van der Waals surface area contributed by atoms with Crippen molar-refractivity contribution in [2.75, 3.05) is 0 Å². The summed E-state index contributed by atoms with van der Waals surface area (Å²) in [6, 6.07) is 11.4. The lowest BCUT2D eigenvalue weighted by atomic mass is 10.0. The van der Waals surface area contributed by atoms with E-state index in [-0.39, 0.29) is 11.1 Å². The van der Waals surface area contributed by atoms with Gasteiger partial charge in [0.05, 0.1) is 22.9 Å². The number of nitrogens with one attached hydrogen (secondary N) is 2. The van der Waals surface area contributed by atoms with E-state index in [1.807, 2.05) is 0 Å². The van der Waals surface area contributed by atoms with E-state index in [4.69, 9.17) is 9.90 Å². The lowest BCUT2D eigenvalue weighted by molar-refractivity contribution is -0.192. The van der Waals surface area contributed by atoms with E-state index >= 15 is 0 Å². The molecule has 3 rings (SSSR count). The SMILES string of the molecule is O=C(N[C@@H](c1ccc(C(F)(F)F)cc1)c1ccccn1)c1ccc(=O)[nH]c1.O=C(O)C(F)(F)F. The fraction of sp³-hybridized carbons (Fsp3) is 0.143. The van der Waals surface area contributed by atoms with E-state index in [1.165, 1.54) is 36.7 Å². The number of H-pyrrole nitrogens is 1. The smallest absolute Gasteiger partial charge is 0.475 e. The van der Waals surface area contributed by atoms with E-state index in [1.54, 1.807) is 18.2 Å². The van der Waals surface area contributed by atoms with E-state index < -0.39 is 35.8 Å². The minimum absolute atomic E-state index is 0.211. The number of rotatable bonds is 4. The van der Waals surface area contributed by atoms with Gasteiger partial charge in [-0.25, -0.2) is 4.79 Å². The minimum atomic E-state index is -5.08. The van der Waals surface area contributed by atoms with Crippen LogP contribution >= 0.6 is 0 Å². The van der Waals surface area contributed by atoms with Gasteiger partial charge in [0.2, 0.25) is 5.56 Å². The number of hydrogen-bond donors (Lipinski definition) is 3. The predicted octanol–water partition coefficient (Wildman–Crippen LogP) is 3.94. The second-order valence-electron chi connectivity index (χ2n) is 6.53. The number of aliphatic carboxylic acids is 1. The quantitative estimate of drug-likeness (QED) is 0.483. The molecule has 180 valence electrons. The molecule has 0 radical (unpaired) electrons. The van der Waals surface area contributed by atoms with E-state index in [0.29, 0.717) is 11.3 Å². The van der Waals surface area contributed by atoms with Crippen molar-refractivity contribution >= 4 is 11.9 Å². The predicted molar refractivity (Wildman–Crippen MR) is 106 cm³/mol. The molecule has 2 aromatic heterocycles. The second kappa shape index (κ2) is 10.6. The second-order valence-corrected chi connectivity index (χ2v) is 6.53. The van der Waals surface area contributed by atoms with Gasteiger partial charge in [-0.15, -0.1) is 0 Å². The summed E-state index contributed by atoms with van der Waals surface area (Å²) >= 11 is 0. The Hall–Kier alpha value is -4.16. The number of nitrogens with zero attached hydrogens (tertiary/aromatic N) is 1. The van der Waals surface area contributed by atoms with Crippen molar-refractivity contribution in [3.8, 4) is 0 Å². The van der Waals surface area contributed by atoms with Crippen molar-refractivity contribution < 1.29 is 41.0 Å². The number of benzene rings is 1. The summed E-state index contributed by atoms with van der Waals surface area (Å²) in [6.45, 7) is 0. The number of alkyl halides is 6. The van der Waals surface area contributed by atoms with Gasteiger partial charge in [0.1, 0.15) is 0 Å². The molecule has 3 N–H and O–H groups in total. The molecular formula is C21H15F6N3O4. The van der Waals surface area contributed by atoms with Crippen LogP contribution in [0.15, 0.2) is 71.8 Å². The summed E-state index contributed by atoms with van der Waals surface area (Å²) in [7, 11) is 0. The third-order valence-electron chi connectivity index (χ3n) is 4.12. The number of halogens is 6. The van der Waals surface area contributed by atoms with Crippen molar-refractivity contribution in [3.63, 3.8) is 0 Å². The van der Waals surface area contributed by atoms with Gasteiger partial charge in [0.15, 0.2) is 0 Å². The van der Waals surface area contributed by atoms with E-state index in [9.17, 15) is 35.9 Å². The maximum Gasteiger partial charge on any atom is 0.490 e. The molecule has 0 bridgehead atoms. The van der Waals surface area contributed by atoms with Crippen LogP contribution in [0.3, 0.4) is 0 Å². The zero-order chi connectivity index (χ0) is 25.5. The van der Waals surface area contributed by atoms with Crippen LogP contribution in [0.4, 0.5) is 26.3 Å². The Bertz CT molecular complexity index is 1160. The number of aromatic nitrogens is 2. The van der Waals surface area contributed by atoms with Crippen LogP contribution in [-0.4, -0.2) is 33.1 Å². The molecule has 7 nitrogen and oxygen atoms in total. The largest absolute Gasteiger partial charge is 0.490 e. The highest BCUT2D eigenvalue weighted by Gasteiger charge is 2.38. The van der Waals surface area contributed by atoms with Gasteiger partial charge in [-0.2, -0.15) is 26.3 Å². The first kappa shape index (κ1) is 26.1. The molecule has 2 heterocycles. The third kappa shape index (κ3) is 7.46. The molecular weight excluding hydrogens is 472 g/mol. The molecule has 34 heavy (non-hydrogen) atoms. The fourth-order valence-electron chi connectivity index (χ4n) is 2.51. The highest BCUT2D eigenvalue weighted by Crippen LogP contribution is 2.30. The number of carbonyl (C=O) groups excluding carboxylic acids is 1. The lowest BCUT2D eigenvalue weighted by Gasteiger charge is -2.19. The molecule has 0 aliphatic heterocycles. The molecule has 0 unspecified atom stereocenters. The van der Waals surface area contributed by atoms with Gasteiger partial charge in [0, 0.05) is 18.5 Å². The van der Waals surface area contributed by atoms with Crippen LogP contribution in [0.5, 0.6) is 0 Å². The van der Waals surface area contributed by atoms with Crippen LogP contribution in [0.1, 0.15) is 33.2 Å². The maximum absolute atomic E-state index is 12.8. The maximum atomic E-state index is 12.8. The number of hydrogen-bond acceptors (Lipinski definition) is 4. The molecule has 0 aliphatic carbocycles. The first-order chi connectivity index (χ1) is 15.8. The normalized spacial score (nSPS) is 12.2. The van der Waals surface area contributed by atoms with Gasteiger partial charge in [0.25, 0.3) is 5.91 Å². The van der Waals surface area contributed by atoms with Crippen molar-refractivity contribution in [2.45, 2.75) is 18.4 Å². The van der Waals surface area contributed by atoms with Gasteiger partial charge in [-0.1, -0.05) is 18.2 Å². The molecule has 1 amide bonds. The van der Waals surface area contributed by atoms with Crippen LogP contribution in [0.25, 0.3) is 0 Å². The monoisotopic (exact) mass is 487 g/mol. The third-order valence-corrected chi connectivity index (χ3v) is 4.12. The van der Waals surface area contributed by atoms with E-state index in [2.05, 4.69) is 15.3 Å². The average molecular weight is 487 g/mol. The highest BCUT2D eigenvalue weighted by molar-refractivity contribution is 5.94. The van der Waals surface area contributed by atoms with Crippen molar-refractivity contribution in [1.82, 2.24) is 15.3 Å². The summed E-state index contributed by atoms with van der Waals surface area (Å²) < 4.78 is 70.1. The first-order valence-corrected chi connectivity index (χ1v) is 9.17. The molecule has 0 fully saturated rings. The minimum Gasteiger partial charge on any atom is -0.475 e. The van der Waals surface area contributed by atoms with Crippen molar-refractivity contribution in [1.29, 1.82) is 0 Å². The van der Waals surface area contributed by atoms with Crippen LogP contribution in [-0.2, 0) is 11.0 Å². The van der Waals surface area contributed by atoms with Crippen LogP contribution in [0.2, 0.25) is 0 Å². The summed E-state index contributed by atoms with van der Waals surface area (Å²) in [5.74, 6) is -3.26.